The van der Waals surface area contributed by atoms with Gasteiger partial charge in [0.05, 0.1) is 4.87 Å². The lowest BCUT2D eigenvalue weighted by molar-refractivity contribution is -0.135. The second-order valence-electron chi connectivity index (χ2n) is 5.47. The van der Waals surface area contributed by atoms with Gasteiger partial charge >= 0.3 is 0 Å². The quantitative estimate of drug-likeness (QED) is 0.902. The first-order valence-electron chi connectivity index (χ1n) is 6.69. The van der Waals surface area contributed by atoms with Crippen LogP contribution in [0.4, 0.5) is 5.82 Å². The zero-order chi connectivity index (χ0) is 14.3. The highest BCUT2D eigenvalue weighted by atomic mass is 32.2. The highest BCUT2D eigenvalue weighted by Crippen LogP contribution is 2.47. The van der Waals surface area contributed by atoms with Crippen LogP contribution in [0.25, 0.3) is 0 Å². The fourth-order valence-electron chi connectivity index (χ4n) is 2.83. The lowest BCUT2D eigenvalue weighted by Gasteiger charge is -2.29. The molecule has 2 aliphatic heterocycles. The van der Waals surface area contributed by atoms with Gasteiger partial charge in [-0.05, 0) is 38.0 Å². The monoisotopic (exact) mass is 291 g/mol. The van der Waals surface area contributed by atoms with Crippen molar-refractivity contribution < 1.29 is 9.59 Å². The van der Waals surface area contributed by atoms with E-state index in [0.717, 1.165) is 12.0 Å². The molecule has 2 fully saturated rings. The van der Waals surface area contributed by atoms with E-state index >= 15 is 0 Å². The van der Waals surface area contributed by atoms with Gasteiger partial charge in [-0.1, -0.05) is 0 Å². The molecule has 0 saturated carbocycles. The fourth-order valence-corrected chi connectivity index (χ4v) is 4.26. The molecule has 2 amide bonds. The van der Waals surface area contributed by atoms with E-state index in [9.17, 15) is 9.59 Å². The third-order valence-corrected chi connectivity index (χ3v) is 5.42. The average Bonchev–Trinajstić information content (AvgIpc) is 2.87. The summed E-state index contributed by atoms with van der Waals surface area (Å²) < 4.78 is 0. The largest absolute Gasteiger partial charge is 0.315 e. The maximum atomic E-state index is 12.4. The first-order chi connectivity index (χ1) is 9.49. The highest BCUT2D eigenvalue weighted by molar-refractivity contribution is 8.01. The molecule has 0 radical (unpaired) electrons. The van der Waals surface area contributed by atoms with Crippen molar-refractivity contribution in [3.05, 3.63) is 23.9 Å². The first-order valence-corrected chi connectivity index (χ1v) is 7.68. The Kier molecular flexibility index (Phi) is 3.20. The molecule has 20 heavy (non-hydrogen) atoms. The van der Waals surface area contributed by atoms with Gasteiger partial charge in [0.25, 0.3) is 0 Å². The summed E-state index contributed by atoms with van der Waals surface area (Å²) in [6.07, 6.45) is 3.03. The molecule has 0 bridgehead atoms. The minimum atomic E-state index is -0.387. The number of anilines is 1. The second kappa shape index (κ2) is 4.77. The molecular weight excluding hydrogens is 274 g/mol. The van der Waals surface area contributed by atoms with Crippen LogP contribution in [0, 0.1) is 6.92 Å². The van der Waals surface area contributed by atoms with Crippen LogP contribution in [-0.4, -0.2) is 38.4 Å². The summed E-state index contributed by atoms with van der Waals surface area (Å²) in [6, 6.07) is 3.31. The lowest BCUT2D eigenvalue weighted by atomic mass is 10.2. The van der Waals surface area contributed by atoms with Crippen molar-refractivity contribution in [1.29, 1.82) is 0 Å². The van der Waals surface area contributed by atoms with E-state index in [0.29, 0.717) is 18.0 Å². The molecule has 2 saturated heterocycles. The summed E-state index contributed by atoms with van der Waals surface area (Å²) in [5.74, 6) is 1.13. The number of aromatic nitrogens is 1. The minimum Gasteiger partial charge on any atom is -0.315 e. The number of amides is 2. The van der Waals surface area contributed by atoms with Crippen molar-refractivity contribution in [2.24, 2.45) is 0 Å². The molecule has 2 unspecified atom stereocenters. The van der Waals surface area contributed by atoms with E-state index in [1.807, 2.05) is 26.0 Å². The Morgan fingerprint density at radius 2 is 2.40 bits per heavy atom. The SMILES string of the molecule is Cc1ccnc(NC(=O)C2CSC3(C)CCC(=O)N23)c1. The van der Waals surface area contributed by atoms with E-state index in [4.69, 9.17) is 0 Å². The van der Waals surface area contributed by atoms with E-state index in [2.05, 4.69) is 10.3 Å². The van der Waals surface area contributed by atoms with Crippen LogP contribution in [0.2, 0.25) is 0 Å². The maximum absolute atomic E-state index is 12.4. The predicted molar refractivity (Wildman–Crippen MR) is 78.3 cm³/mol. The number of nitrogens with one attached hydrogen (secondary N) is 1. The Balaban J connectivity index is 1.76. The molecule has 106 valence electrons. The Morgan fingerprint density at radius 3 is 3.15 bits per heavy atom. The van der Waals surface area contributed by atoms with Crippen LogP contribution in [-0.2, 0) is 9.59 Å². The topological polar surface area (TPSA) is 62.3 Å². The van der Waals surface area contributed by atoms with Gasteiger partial charge in [-0.15, -0.1) is 11.8 Å². The molecule has 0 spiro atoms. The van der Waals surface area contributed by atoms with Crippen molar-refractivity contribution in [2.75, 3.05) is 11.1 Å². The molecule has 3 heterocycles. The van der Waals surface area contributed by atoms with Gasteiger partial charge < -0.3 is 10.2 Å². The van der Waals surface area contributed by atoms with Crippen LogP contribution in [0.3, 0.4) is 0 Å². The number of thioether (sulfide) groups is 1. The molecule has 1 aromatic rings. The summed E-state index contributed by atoms with van der Waals surface area (Å²) >= 11 is 1.69. The van der Waals surface area contributed by atoms with Gasteiger partial charge in [0, 0.05) is 18.4 Å². The van der Waals surface area contributed by atoms with Crippen molar-refractivity contribution >= 4 is 29.4 Å². The summed E-state index contributed by atoms with van der Waals surface area (Å²) in [7, 11) is 0. The zero-order valence-corrected chi connectivity index (χ0v) is 12.4. The summed E-state index contributed by atoms with van der Waals surface area (Å²) in [6.45, 7) is 3.99. The van der Waals surface area contributed by atoms with Crippen LogP contribution in [0.5, 0.6) is 0 Å². The summed E-state index contributed by atoms with van der Waals surface area (Å²) in [5.41, 5.74) is 1.04. The molecule has 3 rings (SSSR count). The van der Waals surface area contributed by atoms with Crippen LogP contribution in [0.1, 0.15) is 25.3 Å². The molecule has 6 heteroatoms. The van der Waals surface area contributed by atoms with Crippen LogP contribution < -0.4 is 5.32 Å². The normalized spacial score (nSPS) is 28.6. The number of hydrogen-bond acceptors (Lipinski definition) is 4. The molecular formula is C14H17N3O2S. The van der Waals surface area contributed by atoms with Gasteiger partial charge in [0.15, 0.2) is 0 Å². The summed E-state index contributed by atoms with van der Waals surface area (Å²) in [5, 5.41) is 2.82. The third-order valence-electron chi connectivity index (χ3n) is 3.91. The number of pyridine rings is 1. The fraction of sp³-hybridized carbons (Fsp3) is 0.500. The van der Waals surface area contributed by atoms with E-state index in [1.54, 1.807) is 22.9 Å². The summed E-state index contributed by atoms with van der Waals surface area (Å²) in [4.78, 5) is 30.1. The molecule has 2 atom stereocenters. The number of carbonyl (C=O) groups excluding carboxylic acids is 2. The number of carbonyl (C=O) groups is 2. The smallest absolute Gasteiger partial charge is 0.249 e. The van der Waals surface area contributed by atoms with E-state index < -0.39 is 0 Å². The minimum absolute atomic E-state index is 0.0786. The van der Waals surface area contributed by atoms with Crippen molar-refractivity contribution in [1.82, 2.24) is 9.88 Å². The number of fused-ring (bicyclic) bond motifs is 1. The van der Waals surface area contributed by atoms with Crippen LogP contribution in [0.15, 0.2) is 18.3 Å². The molecule has 0 aliphatic carbocycles. The van der Waals surface area contributed by atoms with Crippen LogP contribution >= 0.6 is 11.8 Å². The van der Waals surface area contributed by atoms with E-state index in [1.165, 1.54) is 0 Å². The molecule has 1 aromatic heterocycles. The number of rotatable bonds is 2. The van der Waals surface area contributed by atoms with Crippen molar-refractivity contribution in [3.63, 3.8) is 0 Å². The number of hydrogen-bond donors (Lipinski definition) is 1. The van der Waals surface area contributed by atoms with Crippen molar-refractivity contribution in [3.8, 4) is 0 Å². The average molecular weight is 291 g/mol. The molecule has 2 aliphatic rings. The Hall–Kier alpha value is -1.56. The lowest BCUT2D eigenvalue weighted by Crippen LogP contribution is -2.48. The van der Waals surface area contributed by atoms with Crippen molar-refractivity contribution in [2.45, 2.75) is 37.6 Å². The molecule has 0 aromatic carbocycles. The standard InChI is InChI=1S/C14H17N3O2S/c1-9-4-6-15-11(7-9)16-13(19)10-8-20-14(2)5-3-12(18)17(10)14/h4,6-7,10H,3,5,8H2,1-2H3,(H,15,16,19). The molecule has 5 nitrogen and oxygen atoms in total. The maximum Gasteiger partial charge on any atom is 0.249 e. The van der Waals surface area contributed by atoms with E-state index in [-0.39, 0.29) is 22.7 Å². The highest BCUT2D eigenvalue weighted by Gasteiger charge is 2.52. The molecule has 1 N–H and O–H groups in total. The van der Waals surface area contributed by atoms with Gasteiger partial charge in [0.1, 0.15) is 11.9 Å². The number of nitrogens with zero attached hydrogens (tertiary/aromatic N) is 2. The van der Waals surface area contributed by atoms with Gasteiger partial charge in [-0.2, -0.15) is 0 Å². The van der Waals surface area contributed by atoms with Gasteiger partial charge in [-0.25, -0.2) is 4.98 Å². The second-order valence-corrected chi connectivity index (χ2v) is 6.97. The number of aryl methyl sites for hydroxylation is 1. The Morgan fingerprint density at radius 1 is 1.60 bits per heavy atom. The van der Waals surface area contributed by atoms with Gasteiger partial charge in [0.2, 0.25) is 11.8 Å². The Bertz CT molecular complexity index is 577. The third kappa shape index (κ3) is 2.18. The first kappa shape index (κ1) is 13.4. The Labute approximate surface area is 122 Å². The predicted octanol–water partition coefficient (Wildman–Crippen LogP) is 1.78. The zero-order valence-electron chi connectivity index (χ0n) is 11.5. The van der Waals surface area contributed by atoms with Gasteiger partial charge in [-0.3, -0.25) is 9.59 Å².